The molecule has 0 saturated carbocycles. The van der Waals surface area contributed by atoms with Gasteiger partial charge in [0.2, 0.25) is 4.80 Å². The maximum Gasteiger partial charge on any atom is 0.259 e. The number of carbonyl (C=O) groups excluding carboxylic acids is 2. The van der Waals surface area contributed by atoms with Crippen LogP contribution in [-0.4, -0.2) is 27.2 Å². The maximum absolute atomic E-state index is 13.1. The van der Waals surface area contributed by atoms with Gasteiger partial charge in [-0.2, -0.15) is 5.10 Å². The van der Waals surface area contributed by atoms with Gasteiger partial charge in [0.15, 0.2) is 5.78 Å². The molecule has 0 spiro atoms. The van der Waals surface area contributed by atoms with Crippen LogP contribution in [-0.2, 0) is 11.8 Å². The fraction of sp³-hybridized carbons (Fsp3) is 0.0385. The summed E-state index contributed by atoms with van der Waals surface area (Å²) in [5.41, 5.74) is 3.08. The lowest BCUT2D eigenvalue weighted by atomic mass is 9.88. The van der Waals surface area contributed by atoms with Gasteiger partial charge >= 0.3 is 0 Å². The molecule has 0 aliphatic heterocycles. The lowest BCUT2D eigenvalue weighted by Crippen LogP contribution is -2.26. The molecule has 4 aromatic rings. The van der Waals surface area contributed by atoms with Crippen molar-refractivity contribution in [2.24, 2.45) is 17.3 Å². The van der Waals surface area contributed by atoms with E-state index in [-0.39, 0.29) is 11.4 Å². The Labute approximate surface area is 199 Å². The third-order valence-corrected chi connectivity index (χ3v) is 6.26. The molecule has 1 amide bonds. The van der Waals surface area contributed by atoms with Crippen LogP contribution >= 0.6 is 11.3 Å². The number of nitrogens with one attached hydrogen (secondary N) is 1. The number of rotatable bonds is 4. The second-order valence-corrected chi connectivity index (χ2v) is 8.47. The van der Waals surface area contributed by atoms with Crippen LogP contribution in [0.3, 0.4) is 0 Å². The Bertz CT molecular complexity index is 1520. The Hall–Kier alpha value is -4.43. The van der Waals surface area contributed by atoms with Gasteiger partial charge in [0, 0.05) is 29.4 Å². The topological polar surface area (TPSA) is 88.7 Å². The molecule has 3 aromatic carbocycles. The number of amides is 1. The van der Waals surface area contributed by atoms with E-state index >= 15 is 0 Å². The summed E-state index contributed by atoms with van der Waals surface area (Å²) in [7, 11) is 1.80. The predicted molar refractivity (Wildman–Crippen MR) is 133 cm³/mol. The van der Waals surface area contributed by atoms with Gasteiger partial charge in [0.25, 0.3) is 5.91 Å². The Kier molecular flexibility index (Phi) is 5.80. The van der Waals surface area contributed by atoms with Gasteiger partial charge < -0.3 is 5.32 Å². The average Bonchev–Trinajstić information content (AvgIpc) is 3.25. The molecule has 5 rings (SSSR count). The van der Waals surface area contributed by atoms with Crippen LogP contribution < -0.4 is 10.1 Å². The van der Waals surface area contributed by atoms with Crippen molar-refractivity contribution in [2.75, 3.05) is 5.32 Å². The molecular weight excluding hydrogens is 446 g/mol. The molecule has 1 aliphatic carbocycles. The summed E-state index contributed by atoms with van der Waals surface area (Å²) in [6, 6.07) is 25.9. The van der Waals surface area contributed by atoms with Crippen LogP contribution in [0.5, 0.6) is 0 Å². The number of ketones is 1. The molecule has 34 heavy (non-hydrogen) atoms. The number of fused-ring (bicyclic) bond motifs is 1. The lowest BCUT2D eigenvalue weighted by Gasteiger charge is -2.16. The van der Waals surface area contributed by atoms with Gasteiger partial charge in [-0.25, -0.2) is 4.68 Å². The standard InChI is InChI=1S/C26H19N5O2S/c1-31-26(34-25(30-31)17-10-4-2-5-11-17)29-28-22-16-21(23(32)20-15-9-8-14-19(20)22)24(33)27-18-12-6-3-7-13-18/h2-16H,1H3,(H,27,33). The van der Waals surface area contributed by atoms with Gasteiger partial charge in [-0.05, 0) is 18.2 Å². The van der Waals surface area contributed by atoms with Gasteiger partial charge in [-0.1, -0.05) is 84.1 Å². The van der Waals surface area contributed by atoms with Crippen molar-refractivity contribution in [1.29, 1.82) is 0 Å². The van der Waals surface area contributed by atoms with E-state index in [0.29, 0.717) is 27.3 Å². The molecule has 0 atom stereocenters. The summed E-state index contributed by atoms with van der Waals surface area (Å²) in [6.07, 6.45) is 1.49. The van der Waals surface area contributed by atoms with Crippen molar-refractivity contribution >= 4 is 34.4 Å². The minimum Gasteiger partial charge on any atom is -0.322 e. The van der Waals surface area contributed by atoms with Crippen molar-refractivity contribution in [2.45, 2.75) is 0 Å². The van der Waals surface area contributed by atoms with Crippen molar-refractivity contribution in [3.8, 4) is 10.6 Å². The molecule has 0 bridgehead atoms. The van der Waals surface area contributed by atoms with E-state index in [4.69, 9.17) is 0 Å². The first-order chi connectivity index (χ1) is 16.6. The minimum absolute atomic E-state index is 0.00940. The van der Waals surface area contributed by atoms with Crippen LogP contribution in [0, 0.1) is 0 Å². The Morgan fingerprint density at radius 1 is 0.882 bits per heavy atom. The third kappa shape index (κ3) is 4.26. The zero-order valence-electron chi connectivity index (χ0n) is 18.2. The summed E-state index contributed by atoms with van der Waals surface area (Å²) in [5.74, 6) is -0.842. The highest BCUT2D eigenvalue weighted by Crippen LogP contribution is 2.23. The number of nitrogens with zero attached hydrogens (tertiary/aromatic N) is 4. The number of hydrogen-bond acceptors (Lipinski definition) is 6. The number of allylic oxidation sites excluding steroid dienone is 1. The van der Waals surface area contributed by atoms with E-state index in [0.717, 1.165) is 10.6 Å². The van der Waals surface area contributed by atoms with E-state index < -0.39 is 5.91 Å². The van der Waals surface area contributed by atoms with Gasteiger partial charge in [0.1, 0.15) is 5.01 Å². The quantitative estimate of drug-likeness (QED) is 0.362. The molecule has 0 radical (unpaired) electrons. The zero-order chi connectivity index (χ0) is 23.5. The highest BCUT2D eigenvalue weighted by Gasteiger charge is 2.28. The number of aromatic nitrogens is 2. The number of para-hydroxylation sites is 1. The Balaban J connectivity index is 1.54. The SMILES string of the molecule is Cn1nc(-c2ccccc2)sc1=NN=C1C=C(C(=O)Nc2ccccc2)C(=O)c2ccccc21. The largest absolute Gasteiger partial charge is 0.322 e. The molecule has 0 unspecified atom stereocenters. The zero-order valence-corrected chi connectivity index (χ0v) is 19.0. The molecule has 0 fully saturated rings. The van der Waals surface area contributed by atoms with Crippen molar-refractivity contribution in [3.05, 3.63) is 113 Å². The summed E-state index contributed by atoms with van der Waals surface area (Å²) in [4.78, 5) is 26.6. The highest BCUT2D eigenvalue weighted by atomic mass is 32.1. The van der Waals surface area contributed by atoms with Crippen molar-refractivity contribution in [3.63, 3.8) is 0 Å². The summed E-state index contributed by atoms with van der Waals surface area (Å²) in [6.45, 7) is 0. The molecular formula is C26H19N5O2S. The minimum atomic E-state index is -0.492. The number of carbonyl (C=O) groups is 2. The van der Waals surface area contributed by atoms with Crippen LogP contribution in [0.2, 0.25) is 0 Å². The summed E-state index contributed by atoms with van der Waals surface area (Å²) >= 11 is 1.40. The summed E-state index contributed by atoms with van der Waals surface area (Å²) in [5, 5.41) is 16.9. The van der Waals surface area contributed by atoms with E-state index in [9.17, 15) is 9.59 Å². The van der Waals surface area contributed by atoms with E-state index in [2.05, 4.69) is 20.6 Å². The first-order valence-electron chi connectivity index (χ1n) is 10.5. The molecule has 1 aliphatic rings. The molecule has 1 heterocycles. The van der Waals surface area contributed by atoms with Crippen molar-refractivity contribution in [1.82, 2.24) is 9.78 Å². The predicted octanol–water partition coefficient (Wildman–Crippen LogP) is 4.22. The van der Waals surface area contributed by atoms with E-state index in [1.54, 1.807) is 42.1 Å². The van der Waals surface area contributed by atoms with Crippen LogP contribution in [0.15, 0.2) is 107 Å². The first-order valence-corrected chi connectivity index (χ1v) is 11.4. The normalized spacial score (nSPS) is 14.6. The molecule has 1 aromatic heterocycles. The number of aryl methyl sites for hydroxylation is 1. The van der Waals surface area contributed by atoms with Crippen LogP contribution in [0.1, 0.15) is 15.9 Å². The second-order valence-electron chi connectivity index (χ2n) is 7.52. The number of benzene rings is 3. The Morgan fingerprint density at radius 2 is 1.53 bits per heavy atom. The number of hydrogen-bond donors (Lipinski definition) is 1. The van der Waals surface area contributed by atoms with Crippen LogP contribution in [0.4, 0.5) is 5.69 Å². The second kappa shape index (κ2) is 9.21. The highest BCUT2D eigenvalue weighted by molar-refractivity contribution is 7.12. The average molecular weight is 466 g/mol. The summed E-state index contributed by atoms with van der Waals surface area (Å²) < 4.78 is 1.66. The van der Waals surface area contributed by atoms with E-state index in [1.165, 1.54) is 17.4 Å². The fourth-order valence-corrected chi connectivity index (χ4v) is 4.38. The first kappa shape index (κ1) is 21.4. The lowest BCUT2D eigenvalue weighted by molar-refractivity contribution is -0.112. The monoisotopic (exact) mass is 465 g/mol. The van der Waals surface area contributed by atoms with Gasteiger partial charge in [-0.15, -0.1) is 10.2 Å². The smallest absolute Gasteiger partial charge is 0.259 e. The molecule has 7 nitrogen and oxygen atoms in total. The maximum atomic E-state index is 13.1. The number of anilines is 1. The fourth-order valence-electron chi connectivity index (χ4n) is 3.53. The van der Waals surface area contributed by atoms with Gasteiger partial charge in [-0.3, -0.25) is 9.59 Å². The van der Waals surface area contributed by atoms with Crippen molar-refractivity contribution < 1.29 is 9.59 Å². The van der Waals surface area contributed by atoms with Crippen LogP contribution in [0.25, 0.3) is 10.6 Å². The molecule has 166 valence electrons. The Morgan fingerprint density at radius 3 is 2.26 bits per heavy atom. The molecule has 0 saturated heterocycles. The van der Waals surface area contributed by atoms with E-state index in [1.807, 2.05) is 54.6 Å². The molecule has 1 N–H and O–H groups in total. The molecule has 8 heteroatoms. The van der Waals surface area contributed by atoms with Gasteiger partial charge in [0.05, 0.1) is 11.3 Å². The third-order valence-electron chi connectivity index (χ3n) is 5.22. The number of Topliss-reactive ketones (excluding diaryl/α,β-unsaturated/α-hetero) is 1.